The van der Waals surface area contributed by atoms with E-state index in [2.05, 4.69) is 15.5 Å². The molecule has 1 amide bonds. The van der Waals surface area contributed by atoms with Gasteiger partial charge in [-0.2, -0.15) is 0 Å². The average molecular weight is 257 g/mol. The second-order valence-corrected chi connectivity index (χ2v) is 3.94. The van der Waals surface area contributed by atoms with Crippen LogP contribution in [0.4, 0.5) is 6.01 Å². The molecular formula is C10H15N3O5. The zero-order valence-electron chi connectivity index (χ0n) is 10.3. The Morgan fingerprint density at radius 1 is 1.39 bits per heavy atom. The third-order valence-corrected chi connectivity index (χ3v) is 1.99. The number of nitrogens with one attached hydrogen (secondary N) is 1. The summed E-state index contributed by atoms with van der Waals surface area (Å²) >= 11 is 0. The van der Waals surface area contributed by atoms with E-state index in [1.165, 1.54) is 6.92 Å². The highest BCUT2D eigenvalue weighted by Crippen LogP contribution is 2.14. The van der Waals surface area contributed by atoms with E-state index in [0.29, 0.717) is 5.89 Å². The van der Waals surface area contributed by atoms with Gasteiger partial charge in [-0.25, -0.2) is 4.79 Å². The molecular weight excluding hydrogens is 242 g/mol. The second kappa shape index (κ2) is 6.10. The molecule has 0 saturated carbocycles. The molecule has 1 aromatic heterocycles. The third-order valence-electron chi connectivity index (χ3n) is 1.99. The summed E-state index contributed by atoms with van der Waals surface area (Å²) in [7, 11) is 0. The number of nitrogens with zero attached hydrogens (tertiary/aromatic N) is 2. The Bertz CT molecular complexity index is 429. The maximum absolute atomic E-state index is 11.4. The number of hydrogen-bond acceptors (Lipinski definition) is 6. The van der Waals surface area contributed by atoms with Crippen molar-refractivity contribution in [3.63, 3.8) is 0 Å². The summed E-state index contributed by atoms with van der Waals surface area (Å²) in [5.74, 6) is -1.22. The molecule has 0 bridgehead atoms. The Labute approximate surface area is 103 Å². The van der Waals surface area contributed by atoms with Crippen LogP contribution >= 0.6 is 0 Å². The number of hydrogen-bond donors (Lipinski definition) is 2. The van der Waals surface area contributed by atoms with Gasteiger partial charge >= 0.3 is 12.0 Å². The summed E-state index contributed by atoms with van der Waals surface area (Å²) in [6, 6.07) is -0.0321. The van der Waals surface area contributed by atoms with E-state index < -0.39 is 24.6 Å². The van der Waals surface area contributed by atoms with E-state index in [4.69, 9.17) is 14.3 Å². The fourth-order valence-corrected chi connectivity index (χ4v) is 0.946. The molecule has 0 aliphatic rings. The van der Waals surface area contributed by atoms with Gasteiger partial charge in [0.15, 0.2) is 6.10 Å². The van der Waals surface area contributed by atoms with Crippen molar-refractivity contribution in [1.29, 1.82) is 0 Å². The van der Waals surface area contributed by atoms with Gasteiger partial charge in [-0.1, -0.05) is 18.9 Å². The molecule has 0 aliphatic heterocycles. The number of carbonyl (C=O) groups is 2. The van der Waals surface area contributed by atoms with Crippen molar-refractivity contribution < 1.29 is 23.8 Å². The summed E-state index contributed by atoms with van der Waals surface area (Å²) in [5.41, 5.74) is 0. The Morgan fingerprint density at radius 3 is 2.56 bits per heavy atom. The van der Waals surface area contributed by atoms with Crippen LogP contribution < -0.4 is 5.32 Å². The molecule has 1 rings (SSSR count). The number of carboxylic acids is 1. The highest BCUT2D eigenvalue weighted by molar-refractivity contribution is 5.89. The molecule has 1 aromatic rings. The molecule has 1 heterocycles. The van der Waals surface area contributed by atoms with Crippen LogP contribution in [0.5, 0.6) is 0 Å². The van der Waals surface area contributed by atoms with Gasteiger partial charge in [-0.05, 0) is 6.92 Å². The minimum atomic E-state index is -1.14. The number of aliphatic carboxylic acids is 1. The van der Waals surface area contributed by atoms with Crippen LogP contribution in [-0.2, 0) is 14.3 Å². The summed E-state index contributed by atoms with van der Waals surface area (Å²) in [4.78, 5) is 21.8. The first-order valence-corrected chi connectivity index (χ1v) is 5.37. The largest absolute Gasteiger partial charge is 0.479 e. The molecule has 8 heteroatoms. The van der Waals surface area contributed by atoms with Gasteiger partial charge in [0, 0.05) is 5.92 Å². The number of aromatic nitrogens is 2. The summed E-state index contributed by atoms with van der Waals surface area (Å²) in [5, 5.41) is 18.2. The van der Waals surface area contributed by atoms with Gasteiger partial charge in [0.2, 0.25) is 5.89 Å². The van der Waals surface area contributed by atoms with E-state index in [1.54, 1.807) is 0 Å². The third kappa shape index (κ3) is 4.13. The van der Waals surface area contributed by atoms with E-state index >= 15 is 0 Å². The lowest BCUT2D eigenvalue weighted by Gasteiger charge is -2.06. The highest BCUT2D eigenvalue weighted by Gasteiger charge is 2.15. The number of ether oxygens (including phenoxy) is 1. The van der Waals surface area contributed by atoms with Gasteiger partial charge in [-0.3, -0.25) is 10.1 Å². The number of carboxylic acid groups (broad SMARTS) is 1. The van der Waals surface area contributed by atoms with Gasteiger partial charge in [-0.15, -0.1) is 5.10 Å². The Balaban J connectivity index is 2.42. The van der Waals surface area contributed by atoms with Crippen molar-refractivity contribution in [2.24, 2.45) is 0 Å². The van der Waals surface area contributed by atoms with E-state index in [1.807, 2.05) is 13.8 Å². The normalized spacial score (nSPS) is 12.4. The number of amides is 1. The number of carbonyl (C=O) groups excluding carboxylic acids is 1. The molecule has 0 aromatic carbocycles. The summed E-state index contributed by atoms with van der Waals surface area (Å²) in [6.45, 7) is 4.68. The highest BCUT2D eigenvalue weighted by atomic mass is 16.5. The van der Waals surface area contributed by atoms with Gasteiger partial charge < -0.3 is 14.3 Å². The van der Waals surface area contributed by atoms with Crippen molar-refractivity contribution >= 4 is 17.9 Å². The fraction of sp³-hybridized carbons (Fsp3) is 0.600. The molecule has 1 atom stereocenters. The summed E-state index contributed by atoms with van der Waals surface area (Å²) in [6.07, 6.45) is -1.05. The standard InChI is InChI=1S/C10H15N3O5/c1-5(2)8-12-13-10(18-8)11-7(14)4-17-6(3)9(15)16/h5-6H,4H2,1-3H3,(H,15,16)(H,11,13,14)/t6-/m1/s1. The SMILES string of the molecule is CC(C)c1nnc(NC(=O)CO[C@H](C)C(=O)O)o1. The maximum Gasteiger partial charge on any atom is 0.332 e. The molecule has 0 fully saturated rings. The van der Waals surface area contributed by atoms with Crippen molar-refractivity contribution in [2.45, 2.75) is 32.8 Å². The zero-order valence-corrected chi connectivity index (χ0v) is 10.3. The van der Waals surface area contributed by atoms with Crippen LogP contribution in [0, 0.1) is 0 Å². The minimum absolute atomic E-state index is 0.0321. The molecule has 100 valence electrons. The number of anilines is 1. The minimum Gasteiger partial charge on any atom is -0.479 e. The average Bonchev–Trinajstić information content (AvgIpc) is 2.74. The lowest BCUT2D eigenvalue weighted by molar-refractivity contribution is -0.150. The van der Waals surface area contributed by atoms with E-state index in [-0.39, 0.29) is 11.9 Å². The monoisotopic (exact) mass is 257 g/mol. The molecule has 0 unspecified atom stereocenters. The molecule has 2 N–H and O–H groups in total. The van der Waals surface area contributed by atoms with Crippen molar-refractivity contribution in [1.82, 2.24) is 10.2 Å². The molecule has 0 spiro atoms. The molecule has 0 saturated heterocycles. The van der Waals surface area contributed by atoms with Crippen molar-refractivity contribution in [3.05, 3.63) is 5.89 Å². The van der Waals surface area contributed by atoms with Crippen molar-refractivity contribution in [3.8, 4) is 0 Å². The van der Waals surface area contributed by atoms with Crippen LogP contribution in [0.1, 0.15) is 32.6 Å². The van der Waals surface area contributed by atoms with Crippen LogP contribution in [-0.4, -0.2) is 39.9 Å². The van der Waals surface area contributed by atoms with Crippen LogP contribution in [0.15, 0.2) is 4.42 Å². The van der Waals surface area contributed by atoms with Crippen molar-refractivity contribution in [2.75, 3.05) is 11.9 Å². The second-order valence-electron chi connectivity index (χ2n) is 3.94. The zero-order chi connectivity index (χ0) is 13.7. The van der Waals surface area contributed by atoms with Gasteiger partial charge in [0.1, 0.15) is 6.61 Å². The van der Waals surface area contributed by atoms with Crippen LogP contribution in [0.25, 0.3) is 0 Å². The number of rotatable bonds is 6. The summed E-state index contributed by atoms with van der Waals surface area (Å²) < 4.78 is 9.93. The first-order chi connectivity index (χ1) is 8.40. The molecule has 0 radical (unpaired) electrons. The molecule has 8 nitrogen and oxygen atoms in total. The van der Waals surface area contributed by atoms with Gasteiger partial charge in [0.25, 0.3) is 5.91 Å². The Morgan fingerprint density at radius 2 is 2.06 bits per heavy atom. The first-order valence-electron chi connectivity index (χ1n) is 5.37. The smallest absolute Gasteiger partial charge is 0.332 e. The van der Waals surface area contributed by atoms with E-state index in [0.717, 1.165) is 0 Å². The lowest BCUT2D eigenvalue weighted by atomic mass is 10.2. The Kier molecular flexibility index (Phi) is 4.78. The predicted octanol–water partition coefficient (Wildman–Crippen LogP) is 0.621. The quantitative estimate of drug-likeness (QED) is 0.767. The van der Waals surface area contributed by atoms with E-state index in [9.17, 15) is 9.59 Å². The molecule has 0 aliphatic carbocycles. The topological polar surface area (TPSA) is 115 Å². The van der Waals surface area contributed by atoms with Crippen LogP contribution in [0.3, 0.4) is 0 Å². The fourth-order valence-electron chi connectivity index (χ4n) is 0.946. The molecule has 18 heavy (non-hydrogen) atoms. The first kappa shape index (κ1) is 14.1. The Hall–Kier alpha value is -1.96. The van der Waals surface area contributed by atoms with Gasteiger partial charge in [0.05, 0.1) is 0 Å². The predicted molar refractivity (Wildman–Crippen MR) is 60.1 cm³/mol. The lowest BCUT2D eigenvalue weighted by Crippen LogP contribution is -2.26. The maximum atomic E-state index is 11.4. The van der Waals surface area contributed by atoms with Crippen LogP contribution in [0.2, 0.25) is 0 Å².